The van der Waals surface area contributed by atoms with Crippen molar-refractivity contribution in [2.45, 2.75) is 13.8 Å². The van der Waals surface area contributed by atoms with Crippen LogP contribution in [0.1, 0.15) is 13.8 Å². The summed E-state index contributed by atoms with van der Waals surface area (Å²) in [4.78, 5) is 0. The summed E-state index contributed by atoms with van der Waals surface area (Å²) in [7, 11) is 0. The molecular weight excluding hydrogens is 86.1 g/mol. The summed E-state index contributed by atoms with van der Waals surface area (Å²) in [5, 5.41) is 3.13. The maximum absolute atomic E-state index is 3.13. The number of hydrogen-bond acceptors (Lipinski definition) is 1. The van der Waals surface area contributed by atoms with Gasteiger partial charge in [0.25, 0.3) is 0 Å². The molecule has 1 aliphatic rings. The van der Waals surface area contributed by atoms with E-state index in [1.54, 1.807) is 0 Å². The molecule has 0 fully saturated rings. The molecule has 1 aliphatic heterocycles. The Morgan fingerprint density at radius 2 is 2.29 bits per heavy atom. The van der Waals surface area contributed by atoms with Crippen LogP contribution >= 0.6 is 0 Å². The third kappa shape index (κ3) is 0.952. The second-order valence-electron chi connectivity index (χ2n) is 2.70. The van der Waals surface area contributed by atoms with Crippen molar-refractivity contribution in [1.29, 1.82) is 0 Å². The van der Waals surface area contributed by atoms with Crippen LogP contribution in [-0.4, -0.2) is 6.54 Å². The summed E-state index contributed by atoms with van der Waals surface area (Å²) in [6.45, 7) is 5.51. The molecule has 0 saturated carbocycles. The maximum Gasteiger partial charge on any atom is 0.0227 e. The zero-order valence-electron chi connectivity index (χ0n) is 4.86. The van der Waals surface area contributed by atoms with Crippen molar-refractivity contribution < 1.29 is 0 Å². The van der Waals surface area contributed by atoms with Gasteiger partial charge in [0.15, 0.2) is 0 Å². The van der Waals surface area contributed by atoms with Crippen molar-refractivity contribution in [3.05, 3.63) is 12.3 Å². The largest absolute Gasteiger partial charge is 0.390 e. The molecule has 0 radical (unpaired) electrons. The van der Waals surface area contributed by atoms with Gasteiger partial charge in [-0.25, -0.2) is 0 Å². The van der Waals surface area contributed by atoms with Crippen LogP contribution in [0.4, 0.5) is 0 Å². The Hall–Kier alpha value is -0.460. The van der Waals surface area contributed by atoms with E-state index in [4.69, 9.17) is 0 Å². The molecule has 1 nitrogen and oxygen atoms in total. The van der Waals surface area contributed by atoms with E-state index in [1.165, 1.54) is 0 Å². The molecule has 0 unspecified atom stereocenters. The van der Waals surface area contributed by atoms with E-state index < -0.39 is 0 Å². The summed E-state index contributed by atoms with van der Waals surface area (Å²) < 4.78 is 0. The second-order valence-corrected chi connectivity index (χ2v) is 2.70. The Labute approximate surface area is 44.4 Å². The van der Waals surface area contributed by atoms with Gasteiger partial charge >= 0.3 is 0 Å². The molecule has 1 heteroatoms. The van der Waals surface area contributed by atoms with E-state index in [-0.39, 0.29) is 0 Å². The standard InChI is InChI=1S/C6H11N/c1-6(2)3-4-7-5-6/h3-4,7H,5H2,1-2H3. The quantitative estimate of drug-likeness (QED) is 0.477. The predicted octanol–water partition coefficient (Wildman–Crippen LogP) is 1.13. The molecule has 0 atom stereocenters. The summed E-state index contributed by atoms with van der Waals surface area (Å²) in [5.74, 6) is 0. The number of rotatable bonds is 0. The minimum atomic E-state index is 0.403. The van der Waals surface area contributed by atoms with E-state index in [2.05, 4.69) is 25.2 Å². The van der Waals surface area contributed by atoms with Crippen LogP contribution in [0, 0.1) is 5.41 Å². The first-order chi connectivity index (χ1) is 3.21. The van der Waals surface area contributed by atoms with E-state index >= 15 is 0 Å². The van der Waals surface area contributed by atoms with Gasteiger partial charge in [0.2, 0.25) is 0 Å². The van der Waals surface area contributed by atoms with E-state index in [0.717, 1.165) is 6.54 Å². The minimum Gasteiger partial charge on any atom is -0.390 e. The maximum atomic E-state index is 3.13. The van der Waals surface area contributed by atoms with Crippen molar-refractivity contribution in [3.8, 4) is 0 Å². The van der Waals surface area contributed by atoms with Crippen molar-refractivity contribution in [3.63, 3.8) is 0 Å². The molecule has 1 heterocycles. The second kappa shape index (κ2) is 1.25. The van der Waals surface area contributed by atoms with Crippen LogP contribution in [0.2, 0.25) is 0 Å². The molecule has 0 aliphatic carbocycles. The molecule has 0 aromatic heterocycles. The lowest BCUT2D eigenvalue weighted by atomic mass is 9.96. The summed E-state index contributed by atoms with van der Waals surface area (Å²) >= 11 is 0. The first-order valence-electron chi connectivity index (χ1n) is 2.62. The first kappa shape index (κ1) is 4.69. The fraction of sp³-hybridized carbons (Fsp3) is 0.667. The monoisotopic (exact) mass is 97.1 g/mol. The highest BCUT2D eigenvalue weighted by Gasteiger charge is 2.15. The van der Waals surface area contributed by atoms with Crippen LogP contribution in [0.15, 0.2) is 12.3 Å². The Morgan fingerprint density at radius 3 is 2.43 bits per heavy atom. The molecule has 0 aromatic carbocycles. The zero-order chi connectivity index (χ0) is 5.33. The highest BCUT2D eigenvalue weighted by Crippen LogP contribution is 2.18. The Morgan fingerprint density at radius 1 is 1.57 bits per heavy atom. The molecule has 0 amide bonds. The molecule has 1 N–H and O–H groups in total. The normalized spacial score (nSPS) is 24.9. The van der Waals surface area contributed by atoms with Crippen LogP contribution < -0.4 is 5.32 Å². The summed E-state index contributed by atoms with van der Waals surface area (Å²) in [6.07, 6.45) is 4.20. The van der Waals surface area contributed by atoms with Gasteiger partial charge in [-0.1, -0.05) is 19.9 Å². The lowest BCUT2D eigenvalue weighted by Gasteiger charge is -2.11. The van der Waals surface area contributed by atoms with Crippen LogP contribution in [0.25, 0.3) is 0 Å². The Balaban J connectivity index is 2.57. The van der Waals surface area contributed by atoms with Gasteiger partial charge in [-0.15, -0.1) is 0 Å². The third-order valence-corrected chi connectivity index (χ3v) is 1.21. The molecular formula is C6H11N. The molecule has 0 spiro atoms. The summed E-state index contributed by atoms with van der Waals surface area (Å²) in [6, 6.07) is 0. The molecule has 1 rings (SSSR count). The van der Waals surface area contributed by atoms with E-state index in [1.807, 2.05) is 6.20 Å². The topological polar surface area (TPSA) is 12.0 Å². The Kier molecular flexibility index (Phi) is 0.841. The summed E-state index contributed by atoms with van der Waals surface area (Å²) in [5.41, 5.74) is 0.403. The highest BCUT2D eigenvalue weighted by atomic mass is 14.9. The van der Waals surface area contributed by atoms with Gasteiger partial charge in [0.05, 0.1) is 0 Å². The predicted molar refractivity (Wildman–Crippen MR) is 30.9 cm³/mol. The SMILES string of the molecule is CC1(C)C=CNC1. The van der Waals surface area contributed by atoms with Crippen LogP contribution in [0.3, 0.4) is 0 Å². The molecule has 0 saturated heterocycles. The first-order valence-corrected chi connectivity index (χ1v) is 2.62. The van der Waals surface area contributed by atoms with Gasteiger partial charge in [-0.05, 0) is 6.20 Å². The average molecular weight is 97.2 g/mol. The molecule has 0 bridgehead atoms. The van der Waals surface area contributed by atoms with Gasteiger partial charge in [0, 0.05) is 12.0 Å². The highest BCUT2D eigenvalue weighted by molar-refractivity contribution is 5.01. The Bertz CT molecular complexity index is 92.4. The lowest BCUT2D eigenvalue weighted by Crippen LogP contribution is -2.15. The van der Waals surface area contributed by atoms with E-state index in [9.17, 15) is 0 Å². The van der Waals surface area contributed by atoms with Crippen molar-refractivity contribution in [1.82, 2.24) is 5.32 Å². The molecule has 0 aromatic rings. The van der Waals surface area contributed by atoms with Gasteiger partial charge in [-0.3, -0.25) is 0 Å². The fourth-order valence-corrected chi connectivity index (χ4v) is 0.665. The van der Waals surface area contributed by atoms with E-state index in [0.29, 0.717) is 5.41 Å². The molecule has 7 heavy (non-hydrogen) atoms. The fourth-order valence-electron chi connectivity index (χ4n) is 0.665. The van der Waals surface area contributed by atoms with Crippen LogP contribution in [0.5, 0.6) is 0 Å². The van der Waals surface area contributed by atoms with Crippen molar-refractivity contribution in [2.75, 3.05) is 6.54 Å². The minimum absolute atomic E-state index is 0.403. The van der Waals surface area contributed by atoms with Gasteiger partial charge in [0.1, 0.15) is 0 Å². The smallest absolute Gasteiger partial charge is 0.0227 e. The van der Waals surface area contributed by atoms with Crippen molar-refractivity contribution in [2.24, 2.45) is 5.41 Å². The molecule has 40 valence electrons. The van der Waals surface area contributed by atoms with Gasteiger partial charge < -0.3 is 5.32 Å². The average Bonchev–Trinajstić information content (AvgIpc) is 1.84. The number of hydrogen-bond donors (Lipinski definition) is 1. The third-order valence-electron chi connectivity index (χ3n) is 1.21. The zero-order valence-corrected chi connectivity index (χ0v) is 4.86. The van der Waals surface area contributed by atoms with Crippen molar-refractivity contribution >= 4 is 0 Å². The lowest BCUT2D eigenvalue weighted by molar-refractivity contribution is 0.497. The van der Waals surface area contributed by atoms with Crippen LogP contribution in [-0.2, 0) is 0 Å². The van der Waals surface area contributed by atoms with Gasteiger partial charge in [-0.2, -0.15) is 0 Å². The number of nitrogens with one attached hydrogen (secondary N) is 1.